The molecule has 7 heteroatoms. The highest BCUT2D eigenvalue weighted by atomic mass is 32.1. The van der Waals surface area contributed by atoms with E-state index < -0.39 is 5.41 Å². The zero-order valence-electron chi connectivity index (χ0n) is 13.0. The third-order valence-electron chi connectivity index (χ3n) is 3.54. The molecule has 1 amide bonds. The summed E-state index contributed by atoms with van der Waals surface area (Å²) in [4.78, 5) is 15.1. The zero-order chi connectivity index (χ0) is 16.3. The van der Waals surface area contributed by atoms with Crippen molar-refractivity contribution >= 4 is 17.2 Å². The van der Waals surface area contributed by atoms with Gasteiger partial charge in [0.05, 0.1) is 23.7 Å². The Kier molecular flexibility index (Phi) is 5.00. The van der Waals surface area contributed by atoms with Crippen LogP contribution in [0, 0.1) is 5.41 Å². The number of aliphatic hydroxyl groups excluding tert-OH is 2. The van der Waals surface area contributed by atoms with Crippen LogP contribution in [0.1, 0.15) is 17.3 Å². The van der Waals surface area contributed by atoms with E-state index in [2.05, 4.69) is 5.10 Å². The Bertz CT molecular complexity index is 633. The van der Waals surface area contributed by atoms with E-state index >= 15 is 0 Å². The van der Waals surface area contributed by atoms with Crippen LogP contribution in [0.4, 0.5) is 0 Å². The number of rotatable bonds is 6. The van der Waals surface area contributed by atoms with E-state index in [1.807, 2.05) is 17.5 Å². The average molecular weight is 323 g/mol. The van der Waals surface area contributed by atoms with Gasteiger partial charge in [0.1, 0.15) is 5.69 Å². The first kappa shape index (κ1) is 16.7. The largest absolute Gasteiger partial charge is 0.396 e. The number of aryl methyl sites for hydroxylation is 1. The summed E-state index contributed by atoms with van der Waals surface area (Å²) in [5.74, 6) is -0.176. The normalized spacial score (nSPS) is 11.7. The Labute approximate surface area is 133 Å². The van der Waals surface area contributed by atoms with E-state index in [1.165, 1.54) is 16.2 Å². The first-order chi connectivity index (χ1) is 10.4. The van der Waals surface area contributed by atoms with Crippen LogP contribution in [0.5, 0.6) is 0 Å². The molecule has 0 aliphatic heterocycles. The highest BCUT2D eigenvalue weighted by Crippen LogP contribution is 2.27. The number of thiophene rings is 1. The molecular weight excluding hydrogens is 302 g/mol. The quantitative estimate of drug-likeness (QED) is 0.837. The van der Waals surface area contributed by atoms with Gasteiger partial charge in [0.15, 0.2) is 0 Å². The molecule has 0 unspecified atom stereocenters. The van der Waals surface area contributed by atoms with Crippen molar-refractivity contribution in [1.82, 2.24) is 14.7 Å². The van der Waals surface area contributed by atoms with Crippen molar-refractivity contribution in [2.75, 3.05) is 26.8 Å². The van der Waals surface area contributed by atoms with Gasteiger partial charge in [-0.15, -0.1) is 11.3 Å². The van der Waals surface area contributed by atoms with E-state index in [-0.39, 0.29) is 25.7 Å². The van der Waals surface area contributed by atoms with Crippen LogP contribution in [0.15, 0.2) is 23.7 Å². The molecule has 0 aromatic carbocycles. The molecule has 120 valence electrons. The summed E-state index contributed by atoms with van der Waals surface area (Å²) in [5, 5.41) is 25.1. The smallest absolute Gasteiger partial charge is 0.257 e. The minimum absolute atomic E-state index is 0.176. The number of carbonyl (C=O) groups is 1. The molecule has 22 heavy (non-hydrogen) atoms. The highest BCUT2D eigenvalue weighted by Gasteiger charge is 2.28. The Morgan fingerprint density at radius 3 is 2.68 bits per heavy atom. The van der Waals surface area contributed by atoms with Gasteiger partial charge in [0, 0.05) is 32.3 Å². The van der Waals surface area contributed by atoms with Gasteiger partial charge in [-0.05, 0) is 11.4 Å². The Morgan fingerprint density at radius 2 is 2.14 bits per heavy atom. The SMILES string of the molecule is CN(CC(C)(CO)CO)C(=O)c1cn(C)nc1-c1cccs1. The van der Waals surface area contributed by atoms with E-state index in [0.717, 1.165) is 4.88 Å². The molecule has 0 saturated heterocycles. The molecule has 0 radical (unpaired) electrons. The van der Waals surface area contributed by atoms with Crippen molar-refractivity contribution < 1.29 is 15.0 Å². The lowest BCUT2D eigenvalue weighted by Gasteiger charge is -2.30. The Balaban J connectivity index is 2.27. The zero-order valence-corrected chi connectivity index (χ0v) is 13.8. The monoisotopic (exact) mass is 323 g/mol. The van der Waals surface area contributed by atoms with E-state index in [0.29, 0.717) is 11.3 Å². The number of amides is 1. The second-order valence-electron chi connectivity index (χ2n) is 5.83. The fraction of sp³-hybridized carbons (Fsp3) is 0.467. The Hall–Kier alpha value is -1.70. The molecule has 2 aromatic rings. The summed E-state index contributed by atoms with van der Waals surface area (Å²) < 4.78 is 1.62. The second kappa shape index (κ2) is 6.60. The van der Waals surface area contributed by atoms with Crippen LogP contribution in [-0.4, -0.2) is 57.6 Å². The fourth-order valence-corrected chi connectivity index (χ4v) is 2.96. The van der Waals surface area contributed by atoms with Gasteiger partial charge in [-0.3, -0.25) is 9.48 Å². The lowest BCUT2D eigenvalue weighted by molar-refractivity contribution is 0.0366. The van der Waals surface area contributed by atoms with Crippen molar-refractivity contribution in [1.29, 1.82) is 0 Å². The van der Waals surface area contributed by atoms with Crippen molar-refractivity contribution in [2.24, 2.45) is 12.5 Å². The standard InChI is InChI=1S/C15H21N3O3S/c1-15(9-19,10-20)8-17(2)14(21)11-7-18(3)16-13(11)12-5-4-6-22-12/h4-7,19-20H,8-10H2,1-3H3. The summed E-state index contributed by atoms with van der Waals surface area (Å²) in [7, 11) is 3.44. The Morgan fingerprint density at radius 1 is 1.45 bits per heavy atom. The molecule has 0 saturated carbocycles. The summed E-state index contributed by atoms with van der Waals surface area (Å²) in [6.45, 7) is 1.62. The van der Waals surface area contributed by atoms with Gasteiger partial charge in [0.25, 0.3) is 5.91 Å². The predicted octanol–water partition coefficient (Wildman–Crippen LogP) is 1.21. The molecule has 0 aliphatic carbocycles. The predicted molar refractivity (Wildman–Crippen MR) is 85.8 cm³/mol. The van der Waals surface area contributed by atoms with Crippen LogP contribution in [-0.2, 0) is 7.05 Å². The number of aromatic nitrogens is 2. The van der Waals surface area contributed by atoms with Gasteiger partial charge in [-0.25, -0.2) is 0 Å². The third kappa shape index (κ3) is 3.37. The van der Waals surface area contributed by atoms with Crippen LogP contribution < -0.4 is 0 Å². The molecule has 2 rings (SSSR count). The van der Waals surface area contributed by atoms with Crippen molar-refractivity contribution in [3.05, 3.63) is 29.3 Å². The minimum Gasteiger partial charge on any atom is -0.396 e. The third-order valence-corrected chi connectivity index (χ3v) is 4.42. The number of carbonyl (C=O) groups excluding carboxylic acids is 1. The summed E-state index contributed by atoms with van der Waals surface area (Å²) in [5.41, 5.74) is 0.449. The van der Waals surface area contributed by atoms with Crippen LogP contribution in [0.2, 0.25) is 0 Å². The fourth-order valence-electron chi connectivity index (χ4n) is 2.24. The molecule has 0 spiro atoms. The maximum absolute atomic E-state index is 12.7. The van der Waals surface area contributed by atoms with Gasteiger partial charge >= 0.3 is 0 Å². The van der Waals surface area contributed by atoms with Crippen molar-refractivity contribution in [3.8, 4) is 10.6 Å². The molecule has 0 bridgehead atoms. The first-order valence-corrected chi connectivity index (χ1v) is 7.83. The van der Waals surface area contributed by atoms with Crippen molar-refractivity contribution in [3.63, 3.8) is 0 Å². The lowest BCUT2D eigenvalue weighted by atomic mass is 9.92. The van der Waals surface area contributed by atoms with Crippen LogP contribution >= 0.6 is 11.3 Å². The molecule has 2 N–H and O–H groups in total. The van der Waals surface area contributed by atoms with E-state index in [1.54, 1.807) is 31.9 Å². The molecule has 6 nitrogen and oxygen atoms in total. The first-order valence-electron chi connectivity index (χ1n) is 6.95. The number of aliphatic hydroxyl groups is 2. The van der Waals surface area contributed by atoms with E-state index in [9.17, 15) is 15.0 Å². The van der Waals surface area contributed by atoms with Crippen LogP contribution in [0.3, 0.4) is 0 Å². The topological polar surface area (TPSA) is 78.6 Å². The van der Waals surface area contributed by atoms with Gasteiger partial charge in [-0.2, -0.15) is 5.10 Å². The molecule has 2 aromatic heterocycles. The molecule has 0 fully saturated rings. The molecule has 0 aliphatic rings. The number of hydrogen-bond acceptors (Lipinski definition) is 5. The average Bonchev–Trinajstić information content (AvgIpc) is 3.15. The minimum atomic E-state index is -0.726. The van der Waals surface area contributed by atoms with Gasteiger partial charge in [0.2, 0.25) is 0 Å². The summed E-state index contributed by atoms with van der Waals surface area (Å²) in [6.07, 6.45) is 1.70. The molecule has 2 heterocycles. The van der Waals surface area contributed by atoms with Crippen LogP contribution in [0.25, 0.3) is 10.6 Å². The van der Waals surface area contributed by atoms with Gasteiger partial charge < -0.3 is 15.1 Å². The maximum atomic E-state index is 12.7. The molecular formula is C15H21N3O3S. The highest BCUT2D eigenvalue weighted by molar-refractivity contribution is 7.13. The summed E-state index contributed by atoms with van der Waals surface area (Å²) >= 11 is 1.53. The number of nitrogens with zero attached hydrogens (tertiary/aromatic N) is 3. The molecule has 0 atom stereocenters. The van der Waals surface area contributed by atoms with E-state index in [4.69, 9.17) is 0 Å². The maximum Gasteiger partial charge on any atom is 0.257 e. The van der Waals surface area contributed by atoms with Crippen molar-refractivity contribution in [2.45, 2.75) is 6.92 Å². The lowest BCUT2D eigenvalue weighted by Crippen LogP contribution is -2.41. The van der Waals surface area contributed by atoms with Gasteiger partial charge in [-0.1, -0.05) is 13.0 Å². The second-order valence-corrected chi connectivity index (χ2v) is 6.78. The number of hydrogen-bond donors (Lipinski definition) is 2. The summed E-state index contributed by atoms with van der Waals surface area (Å²) in [6, 6.07) is 3.84.